The van der Waals surface area contributed by atoms with Gasteiger partial charge in [0.2, 0.25) is 5.91 Å². The second kappa shape index (κ2) is 4.30. The van der Waals surface area contributed by atoms with Crippen LogP contribution in [0.3, 0.4) is 0 Å². The van der Waals surface area contributed by atoms with Gasteiger partial charge in [0.15, 0.2) is 0 Å². The monoisotopic (exact) mass is 272 g/mol. The molecule has 2 heterocycles. The SMILES string of the molecule is O=C([C@@H]1Cc2ccccc2CN1)N1CC(O)(C2CC2)C1. The molecule has 1 atom stereocenters. The number of carbonyl (C=O) groups is 1. The number of aliphatic hydroxyl groups is 1. The molecule has 1 saturated heterocycles. The number of nitrogens with one attached hydrogen (secondary N) is 1. The molecule has 0 unspecified atom stereocenters. The zero-order chi connectivity index (χ0) is 13.7. The van der Waals surface area contributed by atoms with Crippen LogP contribution in [0.25, 0.3) is 0 Å². The third kappa shape index (κ3) is 1.95. The summed E-state index contributed by atoms with van der Waals surface area (Å²) in [6.07, 6.45) is 2.99. The van der Waals surface area contributed by atoms with Gasteiger partial charge in [0.25, 0.3) is 0 Å². The molecule has 4 heteroatoms. The topological polar surface area (TPSA) is 52.6 Å². The van der Waals surface area contributed by atoms with Crippen molar-refractivity contribution in [2.45, 2.75) is 37.5 Å². The van der Waals surface area contributed by atoms with Crippen LogP contribution < -0.4 is 5.32 Å². The first-order chi connectivity index (χ1) is 9.66. The van der Waals surface area contributed by atoms with E-state index in [2.05, 4.69) is 17.4 Å². The standard InChI is InChI=1S/C16H20N2O2/c19-15(18-9-16(20,10-18)13-5-6-13)14-7-11-3-1-2-4-12(11)8-17-14/h1-4,13-14,17,20H,5-10H2/t14-/m0/s1. The molecule has 2 N–H and O–H groups in total. The molecule has 2 aliphatic heterocycles. The Morgan fingerprint density at radius 2 is 1.95 bits per heavy atom. The summed E-state index contributed by atoms with van der Waals surface area (Å²) in [6.45, 7) is 1.81. The summed E-state index contributed by atoms with van der Waals surface area (Å²) >= 11 is 0. The lowest BCUT2D eigenvalue weighted by Gasteiger charge is -2.48. The van der Waals surface area contributed by atoms with Gasteiger partial charge in [0, 0.05) is 6.54 Å². The van der Waals surface area contributed by atoms with E-state index in [-0.39, 0.29) is 11.9 Å². The van der Waals surface area contributed by atoms with Crippen molar-refractivity contribution in [3.05, 3.63) is 35.4 Å². The number of β-amino-alcohol motifs (C(OH)–C–C–N with tert-alkyl or cyclic N) is 1. The highest BCUT2D eigenvalue weighted by Gasteiger charge is 2.53. The van der Waals surface area contributed by atoms with Crippen molar-refractivity contribution in [2.75, 3.05) is 13.1 Å². The predicted molar refractivity (Wildman–Crippen MR) is 75.0 cm³/mol. The summed E-state index contributed by atoms with van der Waals surface area (Å²) in [4.78, 5) is 14.3. The van der Waals surface area contributed by atoms with Crippen molar-refractivity contribution >= 4 is 5.91 Å². The van der Waals surface area contributed by atoms with Crippen molar-refractivity contribution in [2.24, 2.45) is 5.92 Å². The van der Waals surface area contributed by atoms with E-state index < -0.39 is 5.60 Å². The zero-order valence-corrected chi connectivity index (χ0v) is 11.5. The van der Waals surface area contributed by atoms with Crippen LogP contribution in [0.4, 0.5) is 0 Å². The van der Waals surface area contributed by atoms with Gasteiger partial charge in [0.1, 0.15) is 5.60 Å². The highest BCUT2D eigenvalue weighted by Crippen LogP contribution is 2.44. The molecule has 0 bridgehead atoms. The van der Waals surface area contributed by atoms with Gasteiger partial charge in [-0.15, -0.1) is 0 Å². The molecule has 20 heavy (non-hydrogen) atoms. The molecule has 0 aromatic heterocycles. The maximum Gasteiger partial charge on any atom is 0.240 e. The molecule has 3 aliphatic rings. The molecule has 1 aromatic carbocycles. The van der Waals surface area contributed by atoms with E-state index in [1.165, 1.54) is 11.1 Å². The zero-order valence-electron chi connectivity index (χ0n) is 11.5. The predicted octanol–water partition coefficient (Wildman–Crippen LogP) is 0.684. The third-order valence-corrected chi connectivity index (χ3v) is 4.96. The summed E-state index contributed by atoms with van der Waals surface area (Å²) in [5.41, 5.74) is 1.97. The van der Waals surface area contributed by atoms with Crippen LogP contribution in [-0.4, -0.2) is 40.6 Å². The Kier molecular flexibility index (Phi) is 2.66. The van der Waals surface area contributed by atoms with Gasteiger partial charge in [-0.2, -0.15) is 0 Å². The van der Waals surface area contributed by atoms with Crippen molar-refractivity contribution in [3.63, 3.8) is 0 Å². The van der Waals surface area contributed by atoms with E-state index in [4.69, 9.17) is 0 Å². The number of hydrogen-bond donors (Lipinski definition) is 2. The number of likely N-dealkylation sites (tertiary alicyclic amines) is 1. The first-order valence-electron chi connectivity index (χ1n) is 7.47. The Morgan fingerprint density at radius 1 is 1.25 bits per heavy atom. The second-order valence-electron chi connectivity index (χ2n) is 6.48. The third-order valence-electron chi connectivity index (χ3n) is 4.96. The number of benzene rings is 1. The van der Waals surface area contributed by atoms with Gasteiger partial charge in [0.05, 0.1) is 19.1 Å². The summed E-state index contributed by atoms with van der Waals surface area (Å²) in [5, 5.41) is 13.6. The first kappa shape index (κ1) is 12.4. The van der Waals surface area contributed by atoms with Gasteiger partial charge < -0.3 is 15.3 Å². The number of nitrogens with zero attached hydrogens (tertiary/aromatic N) is 1. The molecule has 0 spiro atoms. The Hall–Kier alpha value is -1.39. The van der Waals surface area contributed by atoms with Gasteiger partial charge in [-0.1, -0.05) is 24.3 Å². The summed E-state index contributed by atoms with van der Waals surface area (Å²) < 4.78 is 0. The summed E-state index contributed by atoms with van der Waals surface area (Å²) in [7, 11) is 0. The van der Waals surface area contributed by atoms with Crippen LogP contribution in [0.15, 0.2) is 24.3 Å². The van der Waals surface area contributed by atoms with E-state index in [1.807, 2.05) is 17.0 Å². The molecule has 1 aliphatic carbocycles. The van der Waals surface area contributed by atoms with Gasteiger partial charge >= 0.3 is 0 Å². The van der Waals surface area contributed by atoms with Crippen LogP contribution in [0, 0.1) is 5.92 Å². The smallest absolute Gasteiger partial charge is 0.240 e. The minimum atomic E-state index is -0.581. The average Bonchev–Trinajstić information content (AvgIpc) is 3.27. The van der Waals surface area contributed by atoms with E-state index >= 15 is 0 Å². The molecule has 2 fully saturated rings. The molecule has 1 saturated carbocycles. The molecule has 0 radical (unpaired) electrons. The van der Waals surface area contributed by atoms with Crippen LogP contribution >= 0.6 is 0 Å². The Labute approximate surface area is 118 Å². The lowest BCUT2D eigenvalue weighted by atomic mass is 9.87. The van der Waals surface area contributed by atoms with Crippen LogP contribution in [0.2, 0.25) is 0 Å². The Morgan fingerprint density at radius 3 is 2.65 bits per heavy atom. The summed E-state index contributed by atoms with van der Waals surface area (Å²) in [5.74, 6) is 0.580. The van der Waals surface area contributed by atoms with Crippen molar-refractivity contribution < 1.29 is 9.90 Å². The molecule has 4 rings (SSSR count). The maximum atomic E-state index is 12.5. The minimum absolute atomic E-state index is 0.131. The molecule has 1 amide bonds. The first-order valence-corrected chi connectivity index (χ1v) is 7.47. The van der Waals surface area contributed by atoms with E-state index in [9.17, 15) is 9.90 Å². The number of carbonyl (C=O) groups excluding carboxylic acids is 1. The lowest BCUT2D eigenvalue weighted by Crippen LogP contribution is -2.67. The fourth-order valence-electron chi connectivity index (χ4n) is 3.50. The fourth-order valence-corrected chi connectivity index (χ4v) is 3.50. The molecular formula is C16H20N2O2. The minimum Gasteiger partial charge on any atom is -0.386 e. The largest absolute Gasteiger partial charge is 0.386 e. The number of fused-ring (bicyclic) bond motifs is 1. The fraction of sp³-hybridized carbons (Fsp3) is 0.562. The van der Waals surface area contributed by atoms with Crippen LogP contribution in [0.5, 0.6) is 0 Å². The summed E-state index contributed by atoms with van der Waals surface area (Å²) in [6, 6.07) is 8.15. The number of amides is 1. The normalized spacial score (nSPS) is 27.6. The molecule has 4 nitrogen and oxygen atoms in total. The second-order valence-corrected chi connectivity index (χ2v) is 6.48. The number of rotatable bonds is 2. The van der Waals surface area contributed by atoms with Crippen LogP contribution in [-0.2, 0) is 17.8 Å². The number of hydrogen-bond acceptors (Lipinski definition) is 3. The average molecular weight is 272 g/mol. The Bertz CT molecular complexity index is 547. The Balaban J connectivity index is 1.41. The van der Waals surface area contributed by atoms with Gasteiger partial charge in [-0.25, -0.2) is 0 Å². The van der Waals surface area contributed by atoms with E-state index in [0.29, 0.717) is 19.0 Å². The van der Waals surface area contributed by atoms with E-state index in [0.717, 1.165) is 25.8 Å². The van der Waals surface area contributed by atoms with Crippen molar-refractivity contribution in [1.82, 2.24) is 10.2 Å². The molecular weight excluding hydrogens is 252 g/mol. The van der Waals surface area contributed by atoms with Crippen molar-refractivity contribution in [1.29, 1.82) is 0 Å². The quantitative estimate of drug-likeness (QED) is 0.832. The highest BCUT2D eigenvalue weighted by molar-refractivity contribution is 5.83. The lowest BCUT2D eigenvalue weighted by molar-refractivity contribution is -0.161. The maximum absolute atomic E-state index is 12.5. The van der Waals surface area contributed by atoms with Gasteiger partial charge in [-0.3, -0.25) is 4.79 Å². The molecule has 1 aromatic rings. The van der Waals surface area contributed by atoms with Crippen molar-refractivity contribution in [3.8, 4) is 0 Å². The molecule has 106 valence electrons. The van der Waals surface area contributed by atoms with E-state index in [1.54, 1.807) is 0 Å². The van der Waals surface area contributed by atoms with Gasteiger partial charge in [-0.05, 0) is 36.3 Å². The van der Waals surface area contributed by atoms with Crippen LogP contribution in [0.1, 0.15) is 24.0 Å². The highest BCUT2D eigenvalue weighted by atomic mass is 16.3.